The summed E-state index contributed by atoms with van der Waals surface area (Å²) in [6, 6.07) is 13.5. The second-order valence-electron chi connectivity index (χ2n) is 7.28. The third-order valence-electron chi connectivity index (χ3n) is 5.38. The van der Waals surface area contributed by atoms with Gasteiger partial charge in [-0.3, -0.25) is 14.6 Å². The van der Waals surface area contributed by atoms with Gasteiger partial charge < -0.3 is 10.2 Å². The molecule has 1 fully saturated rings. The van der Waals surface area contributed by atoms with Crippen LogP contribution >= 0.6 is 0 Å². The first-order valence-corrected chi connectivity index (χ1v) is 9.38. The van der Waals surface area contributed by atoms with Gasteiger partial charge in [-0.1, -0.05) is 30.3 Å². The quantitative estimate of drug-likeness (QED) is 0.892. The Morgan fingerprint density at radius 1 is 1.15 bits per heavy atom. The van der Waals surface area contributed by atoms with Crippen LogP contribution in [0.1, 0.15) is 30.4 Å². The van der Waals surface area contributed by atoms with E-state index in [0.29, 0.717) is 5.69 Å². The van der Waals surface area contributed by atoms with Gasteiger partial charge in [0.05, 0.1) is 17.3 Å². The van der Waals surface area contributed by atoms with Gasteiger partial charge in [0.2, 0.25) is 11.8 Å². The summed E-state index contributed by atoms with van der Waals surface area (Å²) in [5, 5.41) is 2.99. The third-order valence-corrected chi connectivity index (χ3v) is 5.38. The highest BCUT2D eigenvalue weighted by Gasteiger charge is 2.37. The maximum absolute atomic E-state index is 13.2. The van der Waals surface area contributed by atoms with Crippen LogP contribution in [0.4, 0.5) is 17.1 Å². The Morgan fingerprint density at radius 2 is 1.89 bits per heavy atom. The van der Waals surface area contributed by atoms with E-state index in [4.69, 9.17) is 4.99 Å². The van der Waals surface area contributed by atoms with Crippen molar-refractivity contribution in [2.45, 2.75) is 33.1 Å². The second-order valence-corrected chi connectivity index (χ2v) is 7.28. The molecule has 0 bridgehead atoms. The number of fused-ring (bicyclic) bond motifs is 2. The van der Waals surface area contributed by atoms with Crippen molar-refractivity contribution in [2.75, 3.05) is 16.8 Å². The van der Waals surface area contributed by atoms with Gasteiger partial charge in [0, 0.05) is 11.4 Å². The van der Waals surface area contributed by atoms with Crippen molar-refractivity contribution in [3.05, 3.63) is 53.6 Å². The van der Waals surface area contributed by atoms with Gasteiger partial charge in [-0.2, -0.15) is 0 Å². The van der Waals surface area contributed by atoms with E-state index in [1.54, 1.807) is 4.90 Å². The van der Waals surface area contributed by atoms with Crippen molar-refractivity contribution in [3.8, 4) is 0 Å². The zero-order valence-corrected chi connectivity index (χ0v) is 15.7. The molecule has 2 amide bonds. The normalized spacial score (nSPS) is 18.4. The number of aryl methyl sites for hydroxylation is 2. The van der Waals surface area contributed by atoms with Gasteiger partial charge in [-0.15, -0.1) is 0 Å². The lowest BCUT2D eigenvalue weighted by Gasteiger charge is -2.24. The lowest BCUT2D eigenvalue weighted by molar-refractivity contribution is -0.122. The van der Waals surface area contributed by atoms with E-state index < -0.39 is 0 Å². The predicted octanol–water partition coefficient (Wildman–Crippen LogP) is 4.16. The van der Waals surface area contributed by atoms with Crippen LogP contribution in [0.15, 0.2) is 47.5 Å². The Morgan fingerprint density at radius 3 is 2.67 bits per heavy atom. The molecular weight excluding hydrogens is 338 g/mol. The SMILES string of the molecule is Cc1cccc(C)c1NC(=O)CN1C(=O)C2CCCC2=Nc2ccccc21. The number of carbonyl (C=O) groups excluding carboxylic acids is 2. The van der Waals surface area contributed by atoms with E-state index in [2.05, 4.69) is 5.32 Å². The first kappa shape index (κ1) is 17.5. The topological polar surface area (TPSA) is 61.8 Å². The number of para-hydroxylation sites is 3. The number of hydrogen-bond acceptors (Lipinski definition) is 3. The van der Waals surface area contributed by atoms with Crippen molar-refractivity contribution >= 4 is 34.6 Å². The largest absolute Gasteiger partial charge is 0.324 e. The molecule has 0 spiro atoms. The van der Waals surface area contributed by atoms with Gasteiger partial charge in [0.25, 0.3) is 0 Å². The number of amides is 2. The Balaban J connectivity index is 1.63. The average molecular weight is 361 g/mol. The van der Waals surface area contributed by atoms with Crippen LogP contribution in [0, 0.1) is 19.8 Å². The Bertz CT molecular complexity index is 928. The second kappa shape index (κ2) is 6.99. The summed E-state index contributed by atoms with van der Waals surface area (Å²) in [4.78, 5) is 32.3. The van der Waals surface area contributed by atoms with E-state index in [0.717, 1.165) is 47.5 Å². The molecule has 0 aromatic heterocycles. The molecule has 138 valence electrons. The zero-order chi connectivity index (χ0) is 19.0. The molecule has 4 rings (SSSR count). The Labute approximate surface area is 159 Å². The molecule has 1 heterocycles. The monoisotopic (exact) mass is 361 g/mol. The van der Waals surface area contributed by atoms with Crippen LogP contribution in [-0.4, -0.2) is 24.1 Å². The average Bonchev–Trinajstić information content (AvgIpc) is 3.07. The first-order chi connectivity index (χ1) is 13.0. The number of nitrogens with zero attached hydrogens (tertiary/aromatic N) is 2. The fourth-order valence-corrected chi connectivity index (χ4v) is 3.97. The fraction of sp³-hybridized carbons (Fsp3) is 0.318. The van der Waals surface area contributed by atoms with Crippen LogP contribution in [0.25, 0.3) is 0 Å². The van der Waals surface area contributed by atoms with Crippen LogP contribution in [0.2, 0.25) is 0 Å². The summed E-state index contributed by atoms with van der Waals surface area (Å²) < 4.78 is 0. The molecule has 1 aliphatic carbocycles. The van der Waals surface area contributed by atoms with Gasteiger partial charge in [-0.25, -0.2) is 0 Å². The van der Waals surface area contributed by atoms with Crippen LogP contribution in [0.5, 0.6) is 0 Å². The van der Waals surface area contributed by atoms with Crippen molar-refractivity contribution in [1.82, 2.24) is 0 Å². The van der Waals surface area contributed by atoms with Crippen LogP contribution in [0.3, 0.4) is 0 Å². The van der Waals surface area contributed by atoms with Gasteiger partial charge in [0.15, 0.2) is 0 Å². The summed E-state index contributed by atoms with van der Waals surface area (Å²) in [5.74, 6) is -0.421. The highest BCUT2D eigenvalue weighted by Crippen LogP contribution is 2.37. The molecule has 0 radical (unpaired) electrons. The van der Waals surface area contributed by atoms with Gasteiger partial charge in [0.1, 0.15) is 6.54 Å². The maximum Gasteiger partial charge on any atom is 0.244 e. The molecule has 1 N–H and O–H groups in total. The molecule has 1 saturated carbocycles. The fourth-order valence-electron chi connectivity index (χ4n) is 3.97. The molecule has 2 aromatic rings. The van der Waals surface area contributed by atoms with Gasteiger partial charge in [-0.05, 0) is 56.4 Å². The number of benzene rings is 2. The van der Waals surface area contributed by atoms with E-state index in [9.17, 15) is 9.59 Å². The summed E-state index contributed by atoms with van der Waals surface area (Å²) in [6.07, 6.45) is 2.63. The molecule has 5 nitrogen and oxygen atoms in total. The number of carbonyl (C=O) groups is 2. The zero-order valence-electron chi connectivity index (χ0n) is 15.7. The predicted molar refractivity (Wildman–Crippen MR) is 108 cm³/mol. The minimum Gasteiger partial charge on any atom is -0.324 e. The van der Waals surface area contributed by atoms with Crippen molar-refractivity contribution in [1.29, 1.82) is 0 Å². The molecule has 0 saturated heterocycles. The number of aliphatic imine (C=N–C) groups is 1. The van der Waals surface area contributed by atoms with Crippen LogP contribution in [-0.2, 0) is 9.59 Å². The summed E-state index contributed by atoms with van der Waals surface area (Å²) in [5.41, 5.74) is 5.26. The lowest BCUT2D eigenvalue weighted by Crippen LogP contribution is -2.42. The summed E-state index contributed by atoms with van der Waals surface area (Å²) >= 11 is 0. The minimum atomic E-state index is -0.203. The highest BCUT2D eigenvalue weighted by atomic mass is 16.2. The minimum absolute atomic E-state index is 0.0110. The molecule has 1 atom stereocenters. The van der Waals surface area contributed by atoms with E-state index in [-0.39, 0.29) is 24.3 Å². The van der Waals surface area contributed by atoms with E-state index in [1.165, 1.54) is 0 Å². The lowest BCUT2D eigenvalue weighted by atomic mass is 10.0. The van der Waals surface area contributed by atoms with Crippen LogP contribution < -0.4 is 10.2 Å². The smallest absolute Gasteiger partial charge is 0.244 e. The molecular formula is C22H23N3O2. The number of anilines is 2. The Hall–Kier alpha value is -2.95. The van der Waals surface area contributed by atoms with E-state index in [1.807, 2.05) is 56.3 Å². The summed E-state index contributed by atoms with van der Waals surface area (Å²) in [7, 11) is 0. The highest BCUT2D eigenvalue weighted by molar-refractivity contribution is 6.16. The van der Waals surface area contributed by atoms with Gasteiger partial charge >= 0.3 is 0 Å². The number of rotatable bonds is 3. The van der Waals surface area contributed by atoms with Crippen molar-refractivity contribution in [2.24, 2.45) is 10.9 Å². The molecule has 27 heavy (non-hydrogen) atoms. The van der Waals surface area contributed by atoms with Crippen molar-refractivity contribution < 1.29 is 9.59 Å². The number of hydrogen-bond donors (Lipinski definition) is 1. The van der Waals surface area contributed by atoms with E-state index >= 15 is 0 Å². The molecule has 2 aromatic carbocycles. The molecule has 1 unspecified atom stereocenters. The Kier molecular flexibility index (Phi) is 4.52. The maximum atomic E-state index is 13.2. The molecule has 1 aliphatic heterocycles. The summed E-state index contributed by atoms with van der Waals surface area (Å²) in [6.45, 7) is 3.92. The first-order valence-electron chi connectivity index (χ1n) is 9.38. The van der Waals surface area contributed by atoms with Crippen molar-refractivity contribution in [3.63, 3.8) is 0 Å². The standard InChI is InChI=1S/C22H23N3O2/c1-14-7-5-8-15(2)21(14)24-20(26)13-25-19-12-4-3-10-18(19)23-17-11-6-9-16(17)22(25)27/h3-5,7-8,10,12,16H,6,9,11,13H2,1-2H3,(H,24,26). The molecule has 2 aliphatic rings. The molecule has 5 heteroatoms. The third kappa shape index (κ3) is 3.25. The number of nitrogens with one attached hydrogen (secondary N) is 1.